The Morgan fingerprint density at radius 1 is 1.38 bits per heavy atom. The molecule has 1 aromatic rings. The molecule has 0 aromatic carbocycles. The van der Waals surface area contributed by atoms with Gasteiger partial charge in [-0.1, -0.05) is 26.8 Å². The van der Waals surface area contributed by atoms with Crippen LogP contribution in [-0.2, 0) is 19.3 Å². The van der Waals surface area contributed by atoms with Crippen molar-refractivity contribution in [2.75, 3.05) is 32.8 Å². The number of hydrogen-bond donors (Lipinski definition) is 1. The SMILES string of the molecule is C=CCON1C(=O)N2CC(n3ccc(S(=O)(=O)NCCO[Si](C)(C)C(C)(C)C)n3)=CC1C2. The summed E-state index contributed by atoms with van der Waals surface area (Å²) in [6.45, 7) is 15.8. The molecule has 1 unspecified atom stereocenters. The molecule has 1 atom stereocenters. The summed E-state index contributed by atoms with van der Waals surface area (Å²) in [5.41, 5.74) is 0.710. The van der Waals surface area contributed by atoms with Gasteiger partial charge >= 0.3 is 6.03 Å². The summed E-state index contributed by atoms with van der Waals surface area (Å²) >= 11 is 0. The summed E-state index contributed by atoms with van der Waals surface area (Å²) in [6, 6.07) is 0.949. The Morgan fingerprint density at radius 3 is 2.75 bits per heavy atom. The van der Waals surface area contributed by atoms with Gasteiger partial charge in [0.15, 0.2) is 13.3 Å². The zero-order chi connectivity index (χ0) is 23.7. The maximum atomic E-state index is 12.7. The van der Waals surface area contributed by atoms with Gasteiger partial charge in [-0.3, -0.25) is 4.84 Å². The molecule has 0 spiro atoms. The number of aromatic nitrogens is 2. The van der Waals surface area contributed by atoms with Crippen LogP contribution in [0.15, 0.2) is 36.0 Å². The Bertz CT molecular complexity index is 998. The van der Waals surface area contributed by atoms with Gasteiger partial charge in [-0.15, -0.1) is 6.58 Å². The van der Waals surface area contributed by atoms with E-state index >= 15 is 0 Å². The summed E-state index contributed by atoms with van der Waals surface area (Å²) in [6.07, 6.45) is 5.02. The van der Waals surface area contributed by atoms with Gasteiger partial charge in [0.2, 0.25) is 0 Å². The van der Waals surface area contributed by atoms with Crippen molar-refractivity contribution < 1.29 is 22.5 Å². The molecule has 0 saturated carbocycles. The van der Waals surface area contributed by atoms with Crippen molar-refractivity contribution in [2.24, 2.45) is 0 Å². The van der Waals surface area contributed by atoms with Gasteiger partial charge in [-0.05, 0) is 30.3 Å². The minimum absolute atomic E-state index is 0.0570. The van der Waals surface area contributed by atoms with Gasteiger partial charge < -0.3 is 9.33 Å². The van der Waals surface area contributed by atoms with Crippen LogP contribution in [0.25, 0.3) is 5.70 Å². The fourth-order valence-electron chi connectivity index (χ4n) is 3.20. The Morgan fingerprint density at radius 2 is 2.09 bits per heavy atom. The van der Waals surface area contributed by atoms with E-state index < -0.39 is 18.3 Å². The van der Waals surface area contributed by atoms with E-state index in [9.17, 15) is 13.2 Å². The van der Waals surface area contributed by atoms with Crippen LogP contribution < -0.4 is 4.72 Å². The fraction of sp³-hybridized carbons (Fsp3) is 0.600. The van der Waals surface area contributed by atoms with Crippen LogP contribution in [0, 0.1) is 0 Å². The highest BCUT2D eigenvalue weighted by atomic mass is 32.2. The molecule has 0 radical (unpaired) electrons. The molecule has 2 amide bonds. The Kier molecular flexibility index (Phi) is 7.01. The lowest BCUT2D eigenvalue weighted by atomic mass is 10.2. The summed E-state index contributed by atoms with van der Waals surface area (Å²) < 4.78 is 35.4. The molecule has 1 N–H and O–H groups in total. The average molecular weight is 484 g/mol. The molecular formula is C20H33N5O5SSi. The molecule has 32 heavy (non-hydrogen) atoms. The maximum Gasteiger partial charge on any atom is 0.345 e. The van der Waals surface area contributed by atoms with E-state index in [4.69, 9.17) is 9.26 Å². The topological polar surface area (TPSA) is 106 Å². The molecule has 3 rings (SSSR count). The van der Waals surface area contributed by atoms with E-state index in [0.29, 0.717) is 25.4 Å². The van der Waals surface area contributed by atoms with Crippen LogP contribution in [0.3, 0.4) is 0 Å². The van der Waals surface area contributed by atoms with Crippen molar-refractivity contribution in [2.45, 2.75) is 50.0 Å². The first-order chi connectivity index (χ1) is 14.9. The number of hydrogen-bond acceptors (Lipinski definition) is 6. The van der Waals surface area contributed by atoms with Gasteiger partial charge in [-0.2, -0.15) is 10.2 Å². The number of carbonyl (C=O) groups is 1. The molecule has 2 aliphatic heterocycles. The van der Waals surface area contributed by atoms with Crippen molar-refractivity contribution in [3.63, 3.8) is 0 Å². The van der Waals surface area contributed by atoms with Crippen molar-refractivity contribution in [1.82, 2.24) is 24.5 Å². The smallest absolute Gasteiger partial charge is 0.345 e. The number of fused-ring (bicyclic) bond motifs is 2. The van der Waals surface area contributed by atoms with Gasteiger partial charge in [0.25, 0.3) is 10.0 Å². The molecular weight excluding hydrogens is 450 g/mol. The van der Waals surface area contributed by atoms with Crippen molar-refractivity contribution in [3.8, 4) is 0 Å². The summed E-state index contributed by atoms with van der Waals surface area (Å²) in [4.78, 5) is 19.5. The van der Waals surface area contributed by atoms with Crippen LogP contribution in [-0.4, -0.2) is 81.4 Å². The summed E-state index contributed by atoms with van der Waals surface area (Å²) in [5, 5.41) is 5.53. The second-order valence-electron chi connectivity index (χ2n) is 9.40. The molecule has 10 nitrogen and oxygen atoms in total. The van der Waals surface area contributed by atoms with Gasteiger partial charge in [0.1, 0.15) is 0 Å². The first-order valence-corrected chi connectivity index (χ1v) is 15.0. The molecule has 2 aliphatic rings. The lowest BCUT2D eigenvalue weighted by molar-refractivity contribution is -0.107. The number of urea groups is 1. The largest absolute Gasteiger partial charge is 0.415 e. The molecule has 2 bridgehead atoms. The van der Waals surface area contributed by atoms with Crippen molar-refractivity contribution >= 4 is 30.1 Å². The van der Waals surface area contributed by atoms with E-state index in [2.05, 4.69) is 50.3 Å². The third-order valence-electron chi connectivity index (χ3n) is 6.03. The Labute approximate surface area is 191 Å². The van der Waals surface area contributed by atoms with Crippen LogP contribution in [0.5, 0.6) is 0 Å². The van der Waals surface area contributed by atoms with E-state index in [-0.39, 0.29) is 35.3 Å². The standard InChI is InChI=1S/C20H33N5O5SSi/c1-7-11-29-25-17-13-16(14-23(15-17)19(25)26)24-10-8-18(22-24)31(27,28)21-9-12-30-32(5,6)20(2,3)4/h7-8,10,13,17,21H,1,9,11-12,14-15H2,2-6H3. The number of rotatable bonds is 10. The van der Waals surface area contributed by atoms with E-state index in [1.54, 1.807) is 17.2 Å². The minimum atomic E-state index is -3.78. The monoisotopic (exact) mass is 483 g/mol. The van der Waals surface area contributed by atoms with E-state index in [0.717, 1.165) is 0 Å². The molecule has 3 heterocycles. The van der Waals surface area contributed by atoms with Crippen LogP contribution >= 0.6 is 0 Å². The average Bonchev–Trinajstić information content (AvgIpc) is 3.28. The number of carbonyl (C=O) groups excluding carboxylic acids is 1. The highest BCUT2D eigenvalue weighted by Crippen LogP contribution is 2.36. The maximum absolute atomic E-state index is 12.7. The number of nitrogens with one attached hydrogen (secondary N) is 1. The predicted octanol–water partition coefficient (Wildman–Crippen LogP) is 2.26. The van der Waals surface area contributed by atoms with Gasteiger partial charge in [0.05, 0.1) is 24.9 Å². The second kappa shape index (κ2) is 9.10. The number of sulfonamides is 1. The van der Waals surface area contributed by atoms with Crippen molar-refractivity contribution in [3.05, 3.63) is 31.0 Å². The zero-order valence-corrected chi connectivity index (χ0v) is 21.2. The fourth-order valence-corrected chi connectivity index (χ4v) is 5.18. The van der Waals surface area contributed by atoms with Crippen LogP contribution in [0.1, 0.15) is 20.8 Å². The Hall–Kier alpha value is -1.99. The molecule has 1 saturated heterocycles. The van der Waals surface area contributed by atoms with E-state index in [1.165, 1.54) is 15.8 Å². The molecule has 12 heteroatoms. The molecule has 178 valence electrons. The van der Waals surface area contributed by atoms with Crippen molar-refractivity contribution in [1.29, 1.82) is 0 Å². The van der Waals surface area contributed by atoms with Gasteiger partial charge in [0, 0.05) is 25.9 Å². The highest BCUT2D eigenvalue weighted by molar-refractivity contribution is 7.89. The first-order valence-electron chi connectivity index (χ1n) is 10.6. The van der Waals surface area contributed by atoms with E-state index in [1.807, 2.05) is 6.08 Å². The van der Waals surface area contributed by atoms with Gasteiger partial charge in [-0.25, -0.2) is 22.6 Å². The lowest BCUT2D eigenvalue weighted by Gasteiger charge is -2.36. The quantitative estimate of drug-likeness (QED) is 0.311. The second-order valence-corrected chi connectivity index (χ2v) is 15.9. The first kappa shape index (κ1) is 24.6. The highest BCUT2D eigenvalue weighted by Gasteiger charge is 2.41. The third-order valence-corrected chi connectivity index (χ3v) is 11.9. The molecule has 0 aliphatic carbocycles. The minimum Gasteiger partial charge on any atom is -0.415 e. The number of amides is 2. The lowest BCUT2D eigenvalue weighted by Crippen LogP contribution is -2.42. The molecule has 1 aromatic heterocycles. The van der Waals surface area contributed by atoms with Crippen LogP contribution in [0.2, 0.25) is 18.1 Å². The summed E-state index contributed by atoms with van der Waals surface area (Å²) in [5.74, 6) is 0. The number of nitrogens with zero attached hydrogens (tertiary/aromatic N) is 4. The van der Waals surface area contributed by atoms with Crippen LogP contribution in [0.4, 0.5) is 4.79 Å². The number of hydroxylamine groups is 2. The summed E-state index contributed by atoms with van der Waals surface area (Å²) in [7, 11) is -5.72. The Balaban J connectivity index is 1.63. The predicted molar refractivity (Wildman–Crippen MR) is 124 cm³/mol. The third kappa shape index (κ3) is 5.15. The normalized spacial score (nSPS) is 19.5. The zero-order valence-electron chi connectivity index (χ0n) is 19.4. The molecule has 1 fully saturated rings.